The van der Waals surface area contributed by atoms with Crippen LogP contribution in [0.25, 0.3) is 66.1 Å². The molecule has 0 N–H and O–H groups in total. The highest BCUT2D eigenvalue weighted by Gasteiger charge is 2.49. The Hall–Kier alpha value is -6.42. The van der Waals surface area contributed by atoms with E-state index in [4.69, 9.17) is 0 Å². The van der Waals surface area contributed by atoms with Gasteiger partial charge in [0.05, 0.1) is 22.1 Å². The highest BCUT2D eigenvalue weighted by atomic mass is 28.3. The summed E-state index contributed by atoms with van der Waals surface area (Å²) in [4.78, 5) is 0. The molecule has 2 aromatic heterocycles. The molecule has 8 aromatic carbocycles. The zero-order valence-electron chi connectivity index (χ0n) is 31.4. The first-order chi connectivity index (χ1) is 26.9. The van der Waals surface area contributed by atoms with E-state index in [9.17, 15) is 0 Å². The zero-order chi connectivity index (χ0) is 37.1. The molecule has 0 saturated carbocycles. The fourth-order valence-electron chi connectivity index (χ4n) is 9.47. The maximum absolute atomic E-state index is 2.54. The van der Waals surface area contributed by atoms with E-state index >= 15 is 0 Å². The number of para-hydroxylation sites is 2. The van der Waals surface area contributed by atoms with Crippen LogP contribution in [0.15, 0.2) is 200 Å². The summed E-state index contributed by atoms with van der Waals surface area (Å²) in [7, 11) is -2.53. The summed E-state index contributed by atoms with van der Waals surface area (Å²) in [5.41, 5.74) is 9.62. The Balaban J connectivity index is 1.18. The molecule has 0 aliphatic heterocycles. The normalized spacial score (nSPS) is 12.3. The van der Waals surface area contributed by atoms with E-state index in [1.165, 1.54) is 76.0 Å². The van der Waals surface area contributed by atoms with Gasteiger partial charge >= 0.3 is 0 Å². The van der Waals surface area contributed by atoms with Crippen LogP contribution < -0.4 is 15.6 Å². The largest absolute Gasteiger partial charge is 0.309 e. The van der Waals surface area contributed by atoms with E-state index in [2.05, 4.69) is 230 Å². The molecule has 0 fully saturated rings. The Bertz CT molecular complexity index is 2950. The second-order valence-corrected chi connectivity index (χ2v) is 20.5. The quantitative estimate of drug-likeness (QED) is 0.119. The van der Waals surface area contributed by atoms with Gasteiger partial charge in [-0.05, 0) is 80.3 Å². The van der Waals surface area contributed by atoms with Gasteiger partial charge in [-0.2, -0.15) is 0 Å². The predicted octanol–water partition coefficient (Wildman–Crippen LogP) is 11.8. The minimum atomic E-state index is -2.53. The van der Waals surface area contributed by atoms with Crippen LogP contribution in [0.1, 0.15) is 20.8 Å². The van der Waals surface area contributed by atoms with Gasteiger partial charge in [0, 0.05) is 32.9 Å². The molecule has 0 bridgehead atoms. The summed E-state index contributed by atoms with van der Waals surface area (Å²) in [6.07, 6.45) is 0. The minimum absolute atomic E-state index is 0.00285. The van der Waals surface area contributed by atoms with Crippen LogP contribution in [0.2, 0.25) is 5.04 Å². The molecule has 55 heavy (non-hydrogen) atoms. The standard InChI is InChI=1S/C52H42N2Si/c1-52(2,3)55(41-19-9-5-10-20-41,42-21-11-6-12-22-42)43-32-34-51-47(36-43)45-24-14-16-26-49(45)54(51)40-31-33-50-46(35-40)44-23-13-15-25-48(44)53(50)39-29-27-38(28-30-39)37-17-7-4-8-18-37/h4-36H,1-3H3. The van der Waals surface area contributed by atoms with Gasteiger partial charge in [-0.25, -0.2) is 0 Å². The van der Waals surface area contributed by atoms with Crippen molar-refractivity contribution in [3.05, 3.63) is 200 Å². The molecule has 0 atom stereocenters. The lowest BCUT2D eigenvalue weighted by molar-refractivity contribution is 0.739. The Morgan fingerprint density at radius 3 is 1.31 bits per heavy atom. The van der Waals surface area contributed by atoms with Crippen molar-refractivity contribution in [2.45, 2.75) is 25.8 Å². The monoisotopic (exact) mass is 722 g/mol. The van der Waals surface area contributed by atoms with Crippen LogP contribution in [-0.4, -0.2) is 17.2 Å². The van der Waals surface area contributed by atoms with E-state index in [0.717, 1.165) is 5.69 Å². The minimum Gasteiger partial charge on any atom is -0.309 e. The van der Waals surface area contributed by atoms with Crippen LogP contribution in [0.5, 0.6) is 0 Å². The second kappa shape index (κ2) is 12.9. The molecule has 0 spiro atoms. The van der Waals surface area contributed by atoms with Gasteiger partial charge in [-0.15, -0.1) is 0 Å². The first kappa shape index (κ1) is 33.2. The fourth-order valence-corrected chi connectivity index (χ4v) is 15.1. The van der Waals surface area contributed by atoms with Gasteiger partial charge in [-0.1, -0.05) is 172 Å². The molecule has 0 unspecified atom stereocenters. The number of hydrogen-bond donors (Lipinski definition) is 0. The summed E-state index contributed by atoms with van der Waals surface area (Å²) >= 11 is 0. The number of benzene rings is 8. The molecular weight excluding hydrogens is 681 g/mol. The Morgan fingerprint density at radius 1 is 0.327 bits per heavy atom. The summed E-state index contributed by atoms with van der Waals surface area (Å²) in [6, 6.07) is 74.3. The second-order valence-electron chi connectivity index (χ2n) is 15.8. The molecule has 0 aliphatic carbocycles. The number of hydrogen-bond acceptors (Lipinski definition) is 0. The first-order valence-corrected chi connectivity index (χ1v) is 21.3. The van der Waals surface area contributed by atoms with Gasteiger partial charge in [0.2, 0.25) is 0 Å². The maximum Gasteiger partial charge on any atom is 0.153 e. The van der Waals surface area contributed by atoms with Crippen molar-refractivity contribution in [1.82, 2.24) is 9.13 Å². The molecule has 3 heteroatoms. The van der Waals surface area contributed by atoms with E-state index < -0.39 is 8.07 Å². The summed E-state index contributed by atoms with van der Waals surface area (Å²) in [5, 5.41) is 9.38. The van der Waals surface area contributed by atoms with Crippen LogP contribution >= 0.6 is 0 Å². The summed E-state index contributed by atoms with van der Waals surface area (Å²) in [6.45, 7) is 7.32. The Kier molecular flexibility index (Phi) is 7.76. The fraction of sp³-hybridized carbons (Fsp3) is 0.0769. The zero-order valence-corrected chi connectivity index (χ0v) is 32.4. The number of fused-ring (bicyclic) bond motifs is 6. The van der Waals surface area contributed by atoms with E-state index in [1.807, 2.05) is 0 Å². The van der Waals surface area contributed by atoms with Crippen molar-refractivity contribution < 1.29 is 0 Å². The molecule has 264 valence electrons. The van der Waals surface area contributed by atoms with E-state index in [1.54, 1.807) is 0 Å². The number of aromatic nitrogens is 2. The topological polar surface area (TPSA) is 9.86 Å². The van der Waals surface area contributed by atoms with Gasteiger partial charge < -0.3 is 9.13 Å². The lowest BCUT2D eigenvalue weighted by Gasteiger charge is -2.44. The molecule has 0 amide bonds. The molecular formula is C52H42N2Si. The third kappa shape index (κ3) is 5.15. The van der Waals surface area contributed by atoms with Gasteiger partial charge in [-0.3, -0.25) is 0 Å². The average Bonchev–Trinajstić information content (AvgIpc) is 3.74. The first-order valence-electron chi connectivity index (χ1n) is 19.3. The van der Waals surface area contributed by atoms with E-state index in [-0.39, 0.29) is 5.04 Å². The lowest BCUT2D eigenvalue weighted by atomic mass is 10.1. The highest BCUT2D eigenvalue weighted by Crippen LogP contribution is 2.40. The molecule has 0 aliphatic rings. The number of rotatable bonds is 6. The van der Waals surface area contributed by atoms with Crippen LogP contribution in [0.4, 0.5) is 0 Å². The van der Waals surface area contributed by atoms with E-state index in [0.29, 0.717) is 0 Å². The molecule has 2 nitrogen and oxygen atoms in total. The van der Waals surface area contributed by atoms with Gasteiger partial charge in [0.25, 0.3) is 0 Å². The lowest BCUT2D eigenvalue weighted by Crippen LogP contribution is -2.72. The SMILES string of the molecule is CC(C)(C)[Si](c1ccccc1)(c1ccccc1)c1ccc2c(c1)c1ccccc1n2-c1ccc2c(c1)c1ccccc1n2-c1ccc(-c2ccccc2)cc1. The maximum atomic E-state index is 2.54. The van der Waals surface area contributed by atoms with Crippen LogP contribution in [0.3, 0.4) is 0 Å². The third-order valence-corrected chi connectivity index (χ3v) is 17.6. The summed E-state index contributed by atoms with van der Waals surface area (Å²) in [5.74, 6) is 0. The van der Waals surface area contributed by atoms with Crippen molar-refractivity contribution in [3.63, 3.8) is 0 Å². The molecule has 10 rings (SSSR count). The van der Waals surface area contributed by atoms with Crippen molar-refractivity contribution in [2.75, 3.05) is 0 Å². The Morgan fingerprint density at radius 2 is 0.745 bits per heavy atom. The third-order valence-electron chi connectivity index (χ3n) is 11.8. The molecule has 2 heterocycles. The van der Waals surface area contributed by atoms with Crippen LogP contribution in [0, 0.1) is 0 Å². The van der Waals surface area contributed by atoms with Gasteiger partial charge in [0.1, 0.15) is 0 Å². The van der Waals surface area contributed by atoms with Crippen molar-refractivity contribution in [1.29, 1.82) is 0 Å². The summed E-state index contributed by atoms with van der Waals surface area (Å²) < 4.78 is 4.88. The Labute approximate surface area is 323 Å². The molecule has 0 saturated heterocycles. The van der Waals surface area contributed by atoms with Crippen molar-refractivity contribution >= 4 is 67.2 Å². The number of nitrogens with zero attached hydrogens (tertiary/aromatic N) is 2. The smallest absolute Gasteiger partial charge is 0.153 e. The van der Waals surface area contributed by atoms with Crippen LogP contribution in [-0.2, 0) is 0 Å². The van der Waals surface area contributed by atoms with Gasteiger partial charge in [0.15, 0.2) is 8.07 Å². The predicted molar refractivity (Wildman–Crippen MR) is 238 cm³/mol. The molecule has 0 radical (unpaired) electrons. The van der Waals surface area contributed by atoms with Crippen molar-refractivity contribution in [3.8, 4) is 22.5 Å². The molecule has 10 aromatic rings. The highest BCUT2D eigenvalue weighted by molar-refractivity contribution is 7.13. The average molecular weight is 723 g/mol. The van der Waals surface area contributed by atoms with Crippen molar-refractivity contribution in [2.24, 2.45) is 0 Å².